The Morgan fingerprint density at radius 1 is 1.13 bits per heavy atom. The second-order valence-electron chi connectivity index (χ2n) is 5.34. The molecule has 0 aliphatic rings. The number of anilines is 1. The second kappa shape index (κ2) is 7.19. The molecule has 0 aromatic heterocycles. The summed E-state index contributed by atoms with van der Waals surface area (Å²) < 4.78 is 26.0. The Morgan fingerprint density at radius 2 is 1.78 bits per heavy atom. The molecule has 6 heteroatoms. The molecule has 2 aromatic carbocycles. The maximum atomic E-state index is 13.1. The van der Waals surface area contributed by atoms with Crippen LogP contribution in [0.5, 0.6) is 0 Å². The summed E-state index contributed by atoms with van der Waals surface area (Å²) in [5.41, 5.74) is 1.61. The summed E-state index contributed by atoms with van der Waals surface area (Å²) in [4.78, 5) is 13.9. The molecular weight excluding hydrogens is 302 g/mol. The number of aliphatic hydroxyl groups excluding tert-OH is 1. The van der Waals surface area contributed by atoms with Crippen molar-refractivity contribution in [2.75, 3.05) is 25.5 Å². The molecule has 2 N–H and O–H groups in total. The third kappa shape index (κ3) is 4.26. The van der Waals surface area contributed by atoms with Gasteiger partial charge < -0.3 is 15.3 Å². The van der Waals surface area contributed by atoms with Gasteiger partial charge in [0, 0.05) is 31.9 Å². The topological polar surface area (TPSA) is 52.6 Å². The zero-order valence-corrected chi connectivity index (χ0v) is 12.9. The lowest BCUT2D eigenvalue weighted by atomic mass is 10.1. The maximum Gasteiger partial charge on any atom is 0.251 e. The molecule has 0 fully saturated rings. The molecule has 0 saturated carbocycles. The van der Waals surface area contributed by atoms with E-state index in [1.165, 1.54) is 6.07 Å². The lowest BCUT2D eigenvalue weighted by Crippen LogP contribution is -2.28. The normalized spacial score (nSPS) is 11.9. The number of nitrogens with zero attached hydrogens (tertiary/aromatic N) is 1. The van der Waals surface area contributed by atoms with Crippen molar-refractivity contribution >= 4 is 11.6 Å². The first-order valence-electron chi connectivity index (χ1n) is 7.07. The lowest BCUT2D eigenvalue weighted by Gasteiger charge is -2.14. The van der Waals surface area contributed by atoms with Crippen molar-refractivity contribution in [2.24, 2.45) is 0 Å². The molecule has 2 aromatic rings. The zero-order valence-electron chi connectivity index (χ0n) is 12.9. The van der Waals surface area contributed by atoms with Gasteiger partial charge in [-0.1, -0.05) is 6.07 Å². The Balaban J connectivity index is 1.96. The van der Waals surface area contributed by atoms with Gasteiger partial charge in [0.25, 0.3) is 5.91 Å². The Kier molecular flexibility index (Phi) is 5.28. The van der Waals surface area contributed by atoms with Crippen LogP contribution < -0.4 is 10.2 Å². The van der Waals surface area contributed by atoms with Gasteiger partial charge >= 0.3 is 0 Å². The number of benzene rings is 2. The van der Waals surface area contributed by atoms with Crippen molar-refractivity contribution in [1.29, 1.82) is 0 Å². The number of amides is 1. The molecule has 1 atom stereocenters. The summed E-state index contributed by atoms with van der Waals surface area (Å²) in [6, 6.07) is 10.1. The van der Waals surface area contributed by atoms with E-state index in [1.54, 1.807) is 24.3 Å². The van der Waals surface area contributed by atoms with Gasteiger partial charge in [0.2, 0.25) is 0 Å². The Hall–Kier alpha value is -2.47. The van der Waals surface area contributed by atoms with Crippen LogP contribution in [0.4, 0.5) is 14.5 Å². The Morgan fingerprint density at radius 3 is 2.35 bits per heavy atom. The van der Waals surface area contributed by atoms with E-state index in [-0.39, 0.29) is 18.0 Å². The summed E-state index contributed by atoms with van der Waals surface area (Å²) in [5.74, 6) is -2.37. The fourth-order valence-corrected chi connectivity index (χ4v) is 2.04. The van der Waals surface area contributed by atoms with E-state index < -0.39 is 17.7 Å². The van der Waals surface area contributed by atoms with E-state index in [4.69, 9.17) is 0 Å². The van der Waals surface area contributed by atoms with Crippen LogP contribution in [-0.2, 0) is 0 Å². The fourth-order valence-electron chi connectivity index (χ4n) is 2.04. The van der Waals surface area contributed by atoms with E-state index in [0.29, 0.717) is 5.56 Å². The number of rotatable bonds is 5. The van der Waals surface area contributed by atoms with Crippen molar-refractivity contribution in [3.05, 3.63) is 65.2 Å². The number of carbonyl (C=O) groups is 1. The molecule has 0 saturated heterocycles. The number of hydrogen-bond acceptors (Lipinski definition) is 3. The molecule has 0 aliphatic heterocycles. The second-order valence-corrected chi connectivity index (χ2v) is 5.34. The predicted molar refractivity (Wildman–Crippen MR) is 84.4 cm³/mol. The number of hydrogen-bond donors (Lipinski definition) is 2. The molecule has 0 unspecified atom stereocenters. The molecule has 122 valence electrons. The SMILES string of the molecule is CN(C)c1ccc(C(=O)NC[C@@H](O)c2ccc(F)c(F)c2)cc1. The molecule has 0 bridgehead atoms. The molecule has 0 radical (unpaired) electrons. The van der Waals surface area contributed by atoms with E-state index in [9.17, 15) is 18.7 Å². The molecule has 0 heterocycles. The summed E-state index contributed by atoms with van der Waals surface area (Å²) in [6.45, 7) is -0.0979. The van der Waals surface area contributed by atoms with Gasteiger partial charge in [0.15, 0.2) is 11.6 Å². The maximum absolute atomic E-state index is 13.1. The van der Waals surface area contributed by atoms with Crippen molar-refractivity contribution in [1.82, 2.24) is 5.32 Å². The van der Waals surface area contributed by atoms with Crippen LogP contribution in [-0.4, -0.2) is 31.7 Å². The van der Waals surface area contributed by atoms with E-state index in [1.807, 2.05) is 19.0 Å². The first-order chi connectivity index (χ1) is 10.9. The number of aliphatic hydroxyl groups is 1. The highest BCUT2D eigenvalue weighted by atomic mass is 19.2. The molecule has 4 nitrogen and oxygen atoms in total. The monoisotopic (exact) mass is 320 g/mol. The molecule has 0 spiro atoms. The fraction of sp³-hybridized carbons (Fsp3) is 0.235. The van der Waals surface area contributed by atoms with Gasteiger partial charge in [-0.25, -0.2) is 8.78 Å². The van der Waals surface area contributed by atoms with Gasteiger partial charge in [0.1, 0.15) is 0 Å². The van der Waals surface area contributed by atoms with Gasteiger partial charge in [-0.05, 0) is 42.0 Å². The smallest absolute Gasteiger partial charge is 0.251 e. The van der Waals surface area contributed by atoms with Crippen LogP contribution in [0.25, 0.3) is 0 Å². The lowest BCUT2D eigenvalue weighted by molar-refractivity contribution is 0.0916. The van der Waals surface area contributed by atoms with Gasteiger partial charge in [-0.2, -0.15) is 0 Å². The molecule has 23 heavy (non-hydrogen) atoms. The third-order valence-electron chi connectivity index (χ3n) is 3.43. The highest BCUT2D eigenvalue weighted by molar-refractivity contribution is 5.94. The summed E-state index contributed by atoms with van der Waals surface area (Å²) in [5, 5.41) is 12.5. The predicted octanol–water partition coefficient (Wildman–Crippen LogP) is 2.49. The minimum atomic E-state index is -1.12. The largest absolute Gasteiger partial charge is 0.387 e. The standard InChI is InChI=1S/C17H18F2N2O2/c1-21(2)13-6-3-11(4-7-13)17(23)20-10-16(22)12-5-8-14(18)15(19)9-12/h3-9,16,22H,10H2,1-2H3,(H,20,23)/t16-/m1/s1. The van der Waals surface area contributed by atoms with Crippen LogP contribution in [0.2, 0.25) is 0 Å². The van der Waals surface area contributed by atoms with E-state index >= 15 is 0 Å². The molecule has 2 rings (SSSR count). The van der Waals surface area contributed by atoms with Crippen molar-refractivity contribution < 1.29 is 18.7 Å². The zero-order chi connectivity index (χ0) is 17.0. The third-order valence-corrected chi connectivity index (χ3v) is 3.43. The number of carbonyl (C=O) groups excluding carboxylic acids is 1. The van der Waals surface area contributed by atoms with Gasteiger partial charge in [-0.3, -0.25) is 4.79 Å². The van der Waals surface area contributed by atoms with Crippen LogP contribution in [0.1, 0.15) is 22.0 Å². The van der Waals surface area contributed by atoms with Crippen LogP contribution in [0.3, 0.4) is 0 Å². The van der Waals surface area contributed by atoms with Gasteiger partial charge in [-0.15, -0.1) is 0 Å². The average Bonchev–Trinajstić information content (AvgIpc) is 2.54. The van der Waals surface area contributed by atoms with Crippen molar-refractivity contribution in [3.8, 4) is 0 Å². The summed E-state index contributed by atoms with van der Waals surface area (Å²) in [7, 11) is 3.79. The summed E-state index contributed by atoms with van der Waals surface area (Å²) in [6.07, 6.45) is -1.12. The number of halogens is 2. The van der Waals surface area contributed by atoms with E-state index in [2.05, 4.69) is 5.32 Å². The molecule has 1 amide bonds. The highest BCUT2D eigenvalue weighted by Crippen LogP contribution is 2.16. The minimum Gasteiger partial charge on any atom is -0.387 e. The minimum absolute atomic E-state index is 0.0979. The first kappa shape index (κ1) is 16.9. The quantitative estimate of drug-likeness (QED) is 0.890. The Labute approximate surface area is 133 Å². The summed E-state index contributed by atoms with van der Waals surface area (Å²) >= 11 is 0. The Bertz CT molecular complexity index is 687. The van der Waals surface area contributed by atoms with E-state index in [0.717, 1.165) is 17.8 Å². The first-order valence-corrected chi connectivity index (χ1v) is 7.07. The molecule has 0 aliphatic carbocycles. The van der Waals surface area contributed by atoms with Crippen LogP contribution in [0.15, 0.2) is 42.5 Å². The van der Waals surface area contributed by atoms with Gasteiger partial charge in [0.05, 0.1) is 6.10 Å². The highest BCUT2D eigenvalue weighted by Gasteiger charge is 2.13. The average molecular weight is 320 g/mol. The van der Waals surface area contributed by atoms with Crippen molar-refractivity contribution in [3.63, 3.8) is 0 Å². The van der Waals surface area contributed by atoms with Crippen LogP contribution in [0, 0.1) is 11.6 Å². The van der Waals surface area contributed by atoms with Crippen molar-refractivity contribution in [2.45, 2.75) is 6.10 Å². The number of nitrogens with one attached hydrogen (secondary N) is 1. The molecular formula is C17H18F2N2O2. The van der Waals surface area contributed by atoms with Crippen LogP contribution >= 0.6 is 0 Å².